The van der Waals surface area contributed by atoms with E-state index in [1.807, 2.05) is 0 Å². The monoisotopic (exact) mass is 464 g/mol. The maximum Gasteiger partial charge on any atom is 0.228 e. The van der Waals surface area contributed by atoms with E-state index in [2.05, 4.69) is 31.6 Å². The number of hydrogen-bond donors (Lipinski definition) is 1. The summed E-state index contributed by atoms with van der Waals surface area (Å²) in [6, 6.07) is 0. The molecule has 3 fully saturated rings. The third-order valence-corrected chi connectivity index (χ3v) is 7.67. The van der Waals surface area contributed by atoms with E-state index in [0.29, 0.717) is 37.4 Å². The molecule has 0 unspecified atom stereocenters. The zero-order chi connectivity index (χ0) is 23.3. The van der Waals surface area contributed by atoms with Gasteiger partial charge < -0.3 is 25.2 Å². The molecule has 0 bridgehead atoms. The Balaban J connectivity index is 1.35. The van der Waals surface area contributed by atoms with E-state index < -0.39 is 0 Å². The van der Waals surface area contributed by atoms with Gasteiger partial charge in [0.1, 0.15) is 5.82 Å². The van der Waals surface area contributed by atoms with Crippen LogP contribution in [0, 0.1) is 5.92 Å². The zero-order valence-electron chi connectivity index (χ0n) is 19.7. The first-order valence-electron chi connectivity index (χ1n) is 12.4. The summed E-state index contributed by atoms with van der Waals surface area (Å²) in [7, 11) is 0. The van der Waals surface area contributed by atoms with Crippen molar-refractivity contribution in [2.24, 2.45) is 5.92 Å². The van der Waals surface area contributed by atoms with Gasteiger partial charge in [-0.1, -0.05) is 0 Å². The van der Waals surface area contributed by atoms with Gasteiger partial charge in [0.25, 0.3) is 0 Å². The number of hydrogen-bond acceptors (Lipinski definition) is 9. The van der Waals surface area contributed by atoms with E-state index in [9.17, 15) is 4.79 Å². The lowest BCUT2D eigenvalue weighted by molar-refractivity contribution is -0.130. The van der Waals surface area contributed by atoms with E-state index in [4.69, 9.17) is 20.4 Å². The normalized spacial score (nSPS) is 24.6. The molecule has 10 nitrogen and oxygen atoms in total. The summed E-state index contributed by atoms with van der Waals surface area (Å²) in [6.07, 6.45) is 8.39. The van der Waals surface area contributed by atoms with Crippen LogP contribution in [0.3, 0.4) is 0 Å². The standard InChI is InChI=1S/C24H32N8O2/c1-24(5-7-31(15-24)19(33)12-16-2-3-16)32-6-4-18-20(17-13-26-22(25)27-14-17)28-23(29-21(18)32)30-8-10-34-11-9-30/h13-14,16H,2-12,15H2,1H3,(H2,25,26,27)/t24-/m0/s1. The number of amides is 1. The highest BCUT2D eigenvalue weighted by Gasteiger charge is 2.45. The summed E-state index contributed by atoms with van der Waals surface area (Å²) in [5, 5.41) is 0. The van der Waals surface area contributed by atoms with Gasteiger partial charge in [0.2, 0.25) is 17.8 Å². The third kappa shape index (κ3) is 3.93. The van der Waals surface area contributed by atoms with Crippen LogP contribution >= 0.6 is 0 Å². The number of morpholine rings is 1. The Labute approximate surface area is 199 Å². The fourth-order valence-corrected chi connectivity index (χ4v) is 5.45. The maximum atomic E-state index is 12.8. The predicted molar refractivity (Wildman–Crippen MR) is 128 cm³/mol. The van der Waals surface area contributed by atoms with Crippen LogP contribution in [-0.4, -0.2) is 82.2 Å². The first kappa shape index (κ1) is 21.5. The van der Waals surface area contributed by atoms with Gasteiger partial charge in [0.15, 0.2) is 0 Å². The van der Waals surface area contributed by atoms with Crippen molar-refractivity contribution in [3.63, 3.8) is 0 Å². The molecular formula is C24H32N8O2. The van der Waals surface area contributed by atoms with E-state index in [0.717, 1.165) is 68.2 Å². The van der Waals surface area contributed by atoms with Crippen LogP contribution in [0.25, 0.3) is 11.3 Å². The van der Waals surface area contributed by atoms with E-state index in [1.165, 1.54) is 12.8 Å². The second kappa shape index (κ2) is 8.33. The molecule has 0 aromatic carbocycles. The lowest BCUT2D eigenvalue weighted by atomic mass is 9.99. The van der Waals surface area contributed by atoms with E-state index >= 15 is 0 Å². The van der Waals surface area contributed by atoms with Crippen LogP contribution in [0.4, 0.5) is 17.7 Å². The number of nitrogen functional groups attached to an aromatic ring is 1. The van der Waals surface area contributed by atoms with Crippen LogP contribution in [-0.2, 0) is 16.0 Å². The summed E-state index contributed by atoms with van der Waals surface area (Å²) in [5.74, 6) is 2.85. The van der Waals surface area contributed by atoms with E-state index in [-0.39, 0.29) is 11.5 Å². The molecule has 3 aliphatic heterocycles. The highest BCUT2D eigenvalue weighted by molar-refractivity contribution is 5.78. The van der Waals surface area contributed by atoms with Crippen molar-refractivity contribution < 1.29 is 9.53 Å². The molecule has 2 N–H and O–H groups in total. The van der Waals surface area contributed by atoms with Gasteiger partial charge >= 0.3 is 0 Å². The molecule has 5 heterocycles. The van der Waals surface area contributed by atoms with Crippen molar-refractivity contribution in [1.29, 1.82) is 0 Å². The number of anilines is 3. The van der Waals surface area contributed by atoms with Crippen molar-refractivity contribution in [2.75, 3.05) is 61.5 Å². The number of fused-ring (bicyclic) bond motifs is 1. The Kier molecular flexibility index (Phi) is 5.28. The molecule has 1 atom stereocenters. The topological polar surface area (TPSA) is 114 Å². The number of nitrogens with two attached hydrogens (primary N) is 1. The largest absolute Gasteiger partial charge is 0.378 e. The van der Waals surface area contributed by atoms with Crippen LogP contribution in [0.5, 0.6) is 0 Å². The van der Waals surface area contributed by atoms with Gasteiger partial charge in [-0.25, -0.2) is 15.0 Å². The van der Waals surface area contributed by atoms with Crippen molar-refractivity contribution in [2.45, 2.75) is 44.6 Å². The van der Waals surface area contributed by atoms with Gasteiger partial charge in [0.05, 0.1) is 24.4 Å². The second-order valence-electron chi connectivity index (χ2n) is 10.2. The minimum atomic E-state index is -0.143. The summed E-state index contributed by atoms with van der Waals surface area (Å²) in [4.78, 5) is 38.0. The fourth-order valence-electron chi connectivity index (χ4n) is 5.45. The van der Waals surface area contributed by atoms with Gasteiger partial charge in [-0.3, -0.25) is 4.79 Å². The molecule has 2 aromatic heterocycles. The lowest BCUT2D eigenvalue weighted by Gasteiger charge is -2.37. The van der Waals surface area contributed by atoms with E-state index in [1.54, 1.807) is 12.4 Å². The molecule has 6 rings (SSSR count). The Morgan fingerprint density at radius 3 is 2.65 bits per heavy atom. The minimum absolute atomic E-state index is 0.143. The Hall–Kier alpha value is -3.01. The first-order chi connectivity index (χ1) is 16.5. The molecule has 10 heteroatoms. The summed E-state index contributed by atoms with van der Waals surface area (Å²) < 4.78 is 5.55. The number of carbonyl (C=O) groups excluding carboxylic acids is 1. The Morgan fingerprint density at radius 1 is 1.15 bits per heavy atom. The van der Waals surface area contributed by atoms with Crippen molar-refractivity contribution in [1.82, 2.24) is 24.8 Å². The fraction of sp³-hybridized carbons (Fsp3) is 0.625. The van der Waals surface area contributed by atoms with Crippen LogP contribution in [0.15, 0.2) is 12.4 Å². The molecule has 0 spiro atoms. The quantitative estimate of drug-likeness (QED) is 0.703. The summed E-state index contributed by atoms with van der Waals surface area (Å²) >= 11 is 0. The molecule has 180 valence electrons. The number of rotatable bonds is 5. The molecule has 4 aliphatic rings. The van der Waals surface area contributed by atoms with Gasteiger partial charge in [-0.05, 0) is 38.5 Å². The molecule has 2 aromatic rings. The highest BCUT2D eigenvalue weighted by atomic mass is 16.5. The van der Waals surface area contributed by atoms with Gasteiger partial charge in [0, 0.05) is 62.7 Å². The van der Waals surface area contributed by atoms with Crippen molar-refractivity contribution >= 4 is 23.6 Å². The highest BCUT2D eigenvalue weighted by Crippen LogP contribution is 2.42. The Morgan fingerprint density at radius 2 is 1.91 bits per heavy atom. The van der Waals surface area contributed by atoms with Gasteiger partial charge in [-0.2, -0.15) is 4.98 Å². The zero-order valence-corrected chi connectivity index (χ0v) is 19.7. The molecule has 1 saturated carbocycles. The molecule has 1 amide bonds. The number of nitrogens with zero attached hydrogens (tertiary/aromatic N) is 7. The smallest absolute Gasteiger partial charge is 0.228 e. The third-order valence-electron chi connectivity index (χ3n) is 7.67. The van der Waals surface area contributed by atoms with Crippen LogP contribution in [0.1, 0.15) is 38.2 Å². The van der Waals surface area contributed by atoms with Crippen molar-refractivity contribution in [3.05, 3.63) is 18.0 Å². The van der Waals surface area contributed by atoms with Crippen LogP contribution in [0.2, 0.25) is 0 Å². The lowest BCUT2D eigenvalue weighted by Crippen LogP contribution is -2.49. The Bertz CT molecular complexity index is 1080. The second-order valence-corrected chi connectivity index (χ2v) is 10.2. The number of likely N-dealkylation sites (tertiary alicyclic amines) is 1. The minimum Gasteiger partial charge on any atom is -0.378 e. The predicted octanol–water partition coefficient (Wildman–Crippen LogP) is 1.51. The number of ether oxygens (including phenoxy) is 1. The molecule has 0 radical (unpaired) electrons. The SMILES string of the molecule is C[C@]1(N2CCc3c(-c4cnc(N)nc4)nc(N4CCOCC4)nc32)CCN(C(=O)CC2CC2)C1. The number of aromatic nitrogens is 4. The van der Waals surface area contributed by atoms with Gasteiger partial charge in [-0.15, -0.1) is 0 Å². The molecular weight excluding hydrogens is 432 g/mol. The maximum absolute atomic E-state index is 12.8. The van der Waals surface area contributed by atoms with Crippen molar-refractivity contribution in [3.8, 4) is 11.3 Å². The number of carbonyl (C=O) groups is 1. The average molecular weight is 465 g/mol. The molecule has 2 saturated heterocycles. The molecule has 34 heavy (non-hydrogen) atoms. The first-order valence-corrected chi connectivity index (χ1v) is 12.4. The summed E-state index contributed by atoms with van der Waals surface area (Å²) in [5.41, 5.74) is 8.44. The molecule has 1 aliphatic carbocycles. The average Bonchev–Trinajstić information content (AvgIpc) is 3.40. The summed E-state index contributed by atoms with van der Waals surface area (Å²) in [6.45, 7) is 7.55. The van der Waals surface area contributed by atoms with Crippen LogP contribution < -0.4 is 15.5 Å².